The fourth-order valence-corrected chi connectivity index (χ4v) is 1.69. The molecular weight excluding hydrogens is 226 g/mol. The van der Waals surface area contributed by atoms with Gasteiger partial charge in [-0.2, -0.15) is 0 Å². The van der Waals surface area contributed by atoms with Crippen molar-refractivity contribution in [2.75, 3.05) is 0 Å². The normalized spacial score (nSPS) is 10.4. The first kappa shape index (κ1) is 10.7. The van der Waals surface area contributed by atoms with Gasteiger partial charge in [0.1, 0.15) is 6.61 Å². The summed E-state index contributed by atoms with van der Waals surface area (Å²) in [4.78, 5) is 12.4. The molecule has 18 heavy (non-hydrogen) atoms. The van der Waals surface area contributed by atoms with E-state index in [0.29, 0.717) is 12.5 Å². The zero-order chi connectivity index (χ0) is 12.2. The number of nitrogens with zero attached hydrogens (tertiary/aromatic N) is 3. The van der Waals surface area contributed by atoms with Crippen LogP contribution in [0.4, 0.5) is 0 Å². The van der Waals surface area contributed by atoms with Crippen LogP contribution in [0.3, 0.4) is 0 Å². The second-order valence-electron chi connectivity index (χ2n) is 3.86. The lowest BCUT2D eigenvalue weighted by atomic mass is 10.2. The van der Waals surface area contributed by atoms with Crippen molar-refractivity contribution in [3.8, 4) is 5.88 Å². The van der Waals surface area contributed by atoms with Crippen LogP contribution >= 0.6 is 0 Å². The summed E-state index contributed by atoms with van der Waals surface area (Å²) in [5.41, 5.74) is 0.785. The molecule has 2 aromatic heterocycles. The van der Waals surface area contributed by atoms with E-state index in [0.717, 1.165) is 16.5 Å². The van der Waals surface area contributed by atoms with Crippen LogP contribution in [-0.2, 0) is 6.61 Å². The standard InChI is InChI=1S/C14H11N3O/c1-2-4-12-8-17-14(7-11(12)3-1)18-10-13-9-15-5-6-16-13/h1-9H,10H2. The highest BCUT2D eigenvalue weighted by atomic mass is 16.5. The molecule has 4 nitrogen and oxygen atoms in total. The minimum atomic E-state index is 0.374. The van der Waals surface area contributed by atoms with Crippen molar-refractivity contribution >= 4 is 10.8 Å². The Balaban J connectivity index is 1.79. The second kappa shape index (κ2) is 4.79. The molecule has 0 amide bonds. The summed E-state index contributed by atoms with van der Waals surface area (Å²) in [6.07, 6.45) is 6.77. The van der Waals surface area contributed by atoms with Crippen molar-refractivity contribution in [1.82, 2.24) is 15.0 Å². The molecule has 88 valence electrons. The van der Waals surface area contributed by atoms with Gasteiger partial charge in [0, 0.05) is 30.0 Å². The Morgan fingerprint density at radius 1 is 0.944 bits per heavy atom. The summed E-state index contributed by atoms with van der Waals surface area (Å²) in [6, 6.07) is 9.96. The van der Waals surface area contributed by atoms with E-state index in [4.69, 9.17) is 4.74 Å². The van der Waals surface area contributed by atoms with Crippen LogP contribution in [0.15, 0.2) is 55.1 Å². The predicted octanol–water partition coefficient (Wildman–Crippen LogP) is 2.60. The monoisotopic (exact) mass is 237 g/mol. The first-order valence-corrected chi connectivity index (χ1v) is 5.64. The largest absolute Gasteiger partial charge is 0.471 e. The Morgan fingerprint density at radius 2 is 1.83 bits per heavy atom. The third-order valence-corrected chi connectivity index (χ3v) is 2.59. The number of aromatic nitrogens is 3. The van der Waals surface area contributed by atoms with Gasteiger partial charge in [-0.1, -0.05) is 24.3 Å². The van der Waals surface area contributed by atoms with Gasteiger partial charge in [-0.25, -0.2) is 4.98 Å². The van der Waals surface area contributed by atoms with Crippen LogP contribution in [0.25, 0.3) is 10.8 Å². The van der Waals surface area contributed by atoms with Crippen molar-refractivity contribution in [3.63, 3.8) is 0 Å². The van der Waals surface area contributed by atoms with E-state index in [1.54, 1.807) is 24.8 Å². The lowest BCUT2D eigenvalue weighted by Gasteiger charge is -2.05. The maximum absolute atomic E-state index is 5.59. The van der Waals surface area contributed by atoms with Gasteiger partial charge in [0.05, 0.1) is 11.9 Å². The average Bonchev–Trinajstić information content (AvgIpc) is 2.46. The number of ether oxygens (including phenoxy) is 1. The summed E-state index contributed by atoms with van der Waals surface area (Å²) in [5.74, 6) is 0.597. The maximum Gasteiger partial charge on any atom is 0.214 e. The summed E-state index contributed by atoms with van der Waals surface area (Å²) >= 11 is 0. The molecule has 0 aliphatic heterocycles. The molecule has 2 heterocycles. The van der Waals surface area contributed by atoms with E-state index in [2.05, 4.69) is 15.0 Å². The minimum Gasteiger partial charge on any atom is -0.471 e. The number of hydrogen-bond donors (Lipinski definition) is 0. The van der Waals surface area contributed by atoms with Gasteiger partial charge >= 0.3 is 0 Å². The molecule has 0 atom stereocenters. The summed E-state index contributed by atoms with van der Waals surface area (Å²) in [6.45, 7) is 0.374. The van der Waals surface area contributed by atoms with Crippen molar-refractivity contribution in [2.24, 2.45) is 0 Å². The topological polar surface area (TPSA) is 47.9 Å². The molecule has 4 heteroatoms. The number of fused-ring (bicyclic) bond motifs is 1. The molecule has 0 N–H and O–H groups in total. The van der Waals surface area contributed by atoms with Crippen molar-refractivity contribution < 1.29 is 4.74 Å². The Kier molecular flexibility index (Phi) is 2.84. The third-order valence-electron chi connectivity index (χ3n) is 2.59. The highest BCUT2D eigenvalue weighted by Crippen LogP contribution is 2.17. The third kappa shape index (κ3) is 2.27. The molecule has 0 aliphatic carbocycles. The first-order valence-electron chi connectivity index (χ1n) is 5.64. The quantitative estimate of drug-likeness (QED) is 0.702. The van der Waals surface area contributed by atoms with E-state index < -0.39 is 0 Å². The highest BCUT2D eigenvalue weighted by molar-refractivity contribution is 5.82. The molecular formula is C14H11N3O. The number of pyridine rings is 1. The average molecular weight is 237 g/mol. The van der Waals surface area contributed by atoms with Crippen molar-refractivity contribution in [2.45, 2.75) is 6.61 Å². The van der Waals surface area contributed by atoms with Crippen LogP contribution in [0.2, 0.25) is 0 Å². The Bertz CT molecular complexity index is 655. The van der Waals surface area contributed by atoms with E-state index in [1.165, 1.54) is 0 Å². The van der Waals surface area contributed by atoms with Crippen LogP contribution in [0.1, 0.15) is 5.69 Å². The highest BCUT2D eigenvalue weighted by Gasteiger charge is 2.00. The minimum absolute atomic E-state index is 0.374. The van der Waals surface area contributed by atoms with E-state index >= 15 is 0 Å². The van der Waals surface area contributed by atoms with E-state index in [1.807, 2.05) is 30.3 Å². The molecule has 0 spiro atoms. The van der Waals surface area contributed by atoms with Gasteiger partial charge in [0.2, 0.25) is 5.88 Å². The second-order valence-corrected chi connectivity index (χ2v) is 3.86. The van der Waals surface area contributed by atoms with Gasteiger partial charge < -0.3 is 4.74 Å². The van der Waals surface area contributed by atoms with Gasteiger partial charge in [-0.05, 0) is 5.39 Å². The number of hydrogen-bond acceptors (Lipinski definition) is 4. The first-order chi connectivity index (χ1) is 8.92. The molecule has 0 bridgehead atoms. The van der Waals surface area contributed by atoms with Gasteiger partial charge in [0.25, 0.3) is 0 Å². The van der Waals surface area contributed by atoms with E-state index in [-0.39, 0.29) is 0 Å². The number of benzene rings is 1. The molecule has 0 unspecified atom stereocenters. The Hall–Kier alpha value is -2.49. The fraction of sp³-hybridized carbons (Fsp3) is 0.0714. The Morgan fingerprint density at radius 3 is 2.67 bits per heavy atom. The van der Waals surface area contributed by atoms with Crippen molar-refractivity contribution in [3.05, 3.63) is 60.8 Å². The predicted molar refractivity (Wildman–Crippen MR) is 68.1 cm³/mol. The fourth-order valence-electron chi connectivity index (χ4n) is 1.69. The Labute approximate surface area is 104 Å². The molecule has 0 saturated heterocycles. The molecule has 0 fully saturated rings. The van der Waals surface area contributed by atoms with Crippen LogP contribution in [0.5, 0.6) is 5.88 Å². The molecule has 0 saturated carbocycles. The van der Waals surface area contributed by atoms with Crippen LogP contribution in [0, 0.1) is 0 Å². The molecule has 0 aliphatic rings. The molecule has 0 radical (unpaired) electrons. The lowest BCUT2D eigenvalue weighted by molar-refractivity contribution is 0.289. The summed E-state index contributed by atoms with van der Waals surface area (Å²) in [5, 5.41) is 2.21. The number of rotatable bonds is 3. The lowest BCUT2D eigenvalue weighted by Crippen LogP contribution is -1.99. The van der Waals surface area contributed by atoms with E-state index in [9.17, 15) is 0 Å². The molecule has 3 aromatic rings. The maximum atomic E-state index is 5.59. The SMILES string of the molecule is c1ccc2cc(OCc3cnccn3)ncc2c1. The van der Waals surface area contributed by atoms with Crippen LogP contribution < -0.4 is 4.74 Å². The zero-order valence-corrected chi connectivity index (χ0v) is 9.65. The summed E-state index contributed by atoms with van der Waals surface area (Å²) in [7, 11) is 0. The smallest absolute Gasteiger partial charge is 0.214 e. The van der Waals surface area contributed by atoms with Gasteiger partial charge in [-0.3, -0.25) is 9.97 Å². The van der Waals surface area contributed by atoms with Gasteiger partial charge in [0.15, 0.2) is 0 Å². The van der Waals surface area contributed by atoms with Gasteiger partial charge in [-0.15, -0.1) is 0 Å². The van der Waals surface area contributed by atoms with Crippen molar-refractivity contribution in [1.29, 1.82) is 0 Å². The molecule has 1 aromatic carbocycles. The zero-order valence-electron chi connectivity index (χ0n) is 9.65. The summed E-state index contributed by atoms with van der Waals surface area (Å²) < 4.78 is 5.59. The van der Waals surface area contributed by atoms with Crippen LogP contribution in [-0.4, -0.2) is 15.0 Å². The molecule has 3 rings (SSSR count).